The molecule has 0 bridgehead atoms. The number of benzene rings is 2. The quantitative estimate of drug-likeness (QED) is 0.721. The predicted octanol–water partition coefficient (Wildman–Crippen LogP) is 4.28. The molecular formula is C21H25N3O2. The van der Waals surface area contributed by atoms with Crippen LogP contribution in [0, 0.1) is 5.92 Å². The fourth-order valence-electron chi connectivity index (χ4n) is 4.04. The van der Waals surface area contributed by atoms with Crippen molar-refractivity contribution in [2.24, 2.45) is 5.92 Å². The summed E-state index contributed by atoms with van der Waals surface area (Å²) >= 11 is 0. The molecule has 4 rings (SSSR count). The van der Waals surface area contributed by atoms with Gasteiger partial charge in [0, 0.05) is 30.9 Å². The normalized spacial score (nSPS) is 20.3. The highest BCUT2D eigenvalue weighted by atomic mass is 16.5. The van der Waals surface area contributed by atoms with Gasteiger partial charge in [0.15, 0.2) is 0 Å². The number of imidazole rings is 1. The fraction of sp³-hybridized carbons (Fsp3) is 0.381. The summed E-state index contributed by atoms with van der Waals surface area (Å²) < 4.78 is 7.52. The minimum absolute atomic E-state index is 0.0442. The SMILES string of the molecule is COC1CCCCC1Cn1c(=O)[nH]c2cc(Nc3ccccc3)ccc21. The first-order valence-electron chi connectivity index (χ1n) is 9.32. The Morgan fingerprint density at radius 3 is 2.73 bits per heavy atom. The summed E-state index contributed by atoms with van der Waals surface area (Å²) in [4.78, 5) is 15.5. The van der Waals surface area contributed by atoms with E-state index in [-0.39, 0.29) is 11.8 Å². The number of fused-ring (bicyclic) bond motifs is 1. The van der Waals surface area contributed by atoms with Crippen molar-refractivity contribution < 1.29 is 4.74 Å². The first-order valence-corrected chi connectivity index (χ1v) is 9.32. The van der Waals surface area contributed by atoms with E-state index in [1.807, 2.05) is 53.1 Å². The zero-order chi connectivity index (χ0) is 17.9. The minimum Gasteiger partial charge on any atom is -0.381 e. The maximum absolute atomic E-state index is 12.5. The lowest BCUT2D eigenvalue weighted by molar-refractivity contribution is 0.0171. The third kappa shape index (κ3) is 3.40. The van der Waals surface area contributed by atoms with Crippen LogP contribution in [0.5, 0.6) is 0 Å². The van der Waals surface area contributed by atoms with Crippen LogP contribution in [0.25, 0.3) is 11.0 Å². The van der Waals surface area contributed by atoms with Crippen molar-refractivity contribution >= 4 is 22.4 Å². The summed E-state index contributed by atoms with van der Waals surface area (Å²) in [6, 6.07) is 16.1. The first-order chi connectivity index (χ1) is 12.7. The van der Waals surface area contributed by atoms with Gasteiger partial charge in [-0.15, -0.1) is 0 Å². The molecule has 1 aliphatic carbocycles. The van der Waals surface area contributed by atoms with Gasteiger partial charge < -0.3 is 15.0 Å². The number of anilines is 2. The van der Waals surface area contributed by atoms with Crippen molar-refractivity contribution in [3.05, 3.63) is 59.0 Å². The number of para-hydroxylation sites is 1. The van der Waals surface area contributed by atoms with Crippen LogP contribution in [0.3, 0.4) is 0 Å². The molecule has 26 heavy (non-hydrogen) atoms. The molecule has 2 atom stereocenters. The van der Waals surface area contributed by atoms with Gasteiger partial charge in [0.2, 0.25) is 0 Å². The second-order valence-electron chi connectivity index (χ2n) is 7.08. The number of hydrogen-bond acceptors (Lipinski definition) is 3. The molecule has 0 aliphatic heterocycles. The van der Waals surface area contributed by atoms with E-state index < -0.39 is 0 Å². The Kier molecular flexibility index (Phi) is 4.80. The molecule has 0 amide bonds. The molecule has 2 aromatic carbocycles. The number of rotatable bonds is 5. The number of aromatic amines is 1. The van der Waals surface area contributed by atoms with Crippen LogP contribution in [0.1, 0.15) is 25.7 Å². The highest BCUT2D eigenvalue weighted by molar-refractivity contribution is 5.80. The van der Waals surface area contributed by atoms with Crippen molar-refractivity contribution in [2.75, 3.05) is 12.4 Å². The lowest BCUT2D eigenvalue weighted by Gasteiger charge is -2.30. The molecule has 136 valence electrons. The van der Waals surface area contributed by atoms with Gasteiger partial charge in [-0.25, -0.2) is 4.79 Å². The molecule has 1 heterocycles. The third-order valence-electron chi connectivity index (χ3n) is 5.40. The van der Waals surface area contributed by atoms with Crippen LogP contribution in [0.4, 0.5) is 11.4 Å². The molecule has 3 aromatic rings. The third-order valence-corrected chi connectivity index (χ3v) is 5.40. The Hall–Kier alpha value is -2.53. The van der Waals surface area contributed by atoms with E-state index in [4.69, 9.17) is 4.74 Å². The summed E-state index contributed by atoms with van der Waals surface area (Å²) in [5, 5.41) is 3.37. The van der Waals surface area contributed by atoms with Crippen molar-refractivity contribution in [3.8, 4) is 0 Å². The van der Waals surface area contributed by atoms with Gasteiger partial charge in [0.25, 0.3) is 0 Å². The summed E-state index contributed by atoms with van der Waals surface area (Å²) in [5.41, 5.74) is 3.76. The zero-order valence-electron chi connectivity index (χ0n) is 15.1. The average Bonchev–Trinajstić information content (AvgIpc) is 2.98. The molecular weight excluding hydrogens is 326 g/mol. The van der Waals surface area contributed by atoms with E-state index in [0.29, 0.717) is 12.5 Å². The summed E-state index contributed by atoms with van der Waals surface area (Å²) in [7, 11) is 1.78. The molecule has 1 aromatic heterocycles. The number of hydrogen-bond donors (Lipinski definition) is 2. The second-order valence-corrected chi connectivity index (χ2v) is 7.08. The Morgan fingerprint density at radius 2 is 1.92 bits per heavy atom. The summed E-state index contributed by atoms with van der Waals surface area (Å²) in [6.45, 7) is 0.711. The number of nitrogens with zero attached hydrogens (tertiary/aromatic N) is 1. The molecule has 0 radical (unpaired) electrons. The Bertz CT molecular complexity index is 929. The van der Waals surface area contributed by atoms with Gasteiger partial charge in [0.05, 0.1) is 17.1 Å². The predicted molar refractivity (Wildman–Crippen MR) is 105 cm³/mol. The Balaban J connectivity index is 1.60. The Morgan fingerprint density at radius 1 is 1.12 bits per heavy atom. The van der Waals surface area contributed by atoms with E-state index in [1.165, 1.54) is 12.8 Å². The van der Waals surface area contributed by atoms with E-state index in [1.54, 1.807) is 7.11 Å². The molecule has 0 saturated heterocycles. The molecule has 2 unspecified atom stereocenters. The van der Waals surface area contributed by atoms with Crippen LogP contribution in [0.15, 0.2) is 53.3 Å². The van der Waals surface area contributed by atoms with Gasteiger partial charge >= 0.3 is 5.69 Å². The van der Waals surface area contributed by atoms with Crippen molar-refractivity contribution in [1.29, 1.82) is 0 Å². The van der Waals surface area contributed by atoms with Crippen molar-refractivity contribution in [2.45, 2.75) is 38.3 Å². The van der Waals surface area contributed by atoms with E-state index >= 15 is 0 Å². The van der Waals surface area contributed by atoms with Crippen LogP contribution in [-0.4, -0.2) is 22.8 Å². The standard InChI is InChI=1S/C21H25N3O2/c1-26-20-10-6-5-7-15(20)14-24-19-12-11-17(13-18(19)23-21(24)25)22-16-8-3-2-4-9-16/h2-4,8-9,11-13,15,20,22H,5-7,10,14H2,1H3,(H,23,25). The number of H-pyrrole nitrogens is 1. The van der Waals surface area contributed by atoms with E-state index in [0.717, 1.165) is 35.2 Å². The number of methoxy groups -OCH3 is 1. The van der Waals surface area contributed by atoms with Crippen LogP contribution >= 0.6 is 0 Å². The van der Waals surface area contributed by atoms with Crippen LogP contribution < -0.4 is 11.0 Å². The van der Waals surface area contributed by atoms with Crippen molar-refractivity contribution in [1.82, 2.24) is 9.55 Å². The number of ether oxygens (including phenoxy) is 1. The molecule has 0 spiro atoms. The lowest BCUT2D eigenvalue weighted by atomic mass is 9.86. The second kappa shape index (κ2) is 7.38. The summed E-state index contributed by atoms with van der Waals surface area (Å²) in [5.74, 6) is 0.396. The van der Waals surface area contributed by atoms with Gasteiger partial charge in [-0.3, -0.25) is 4.57 Å². The topological polar surface area (TPSA) is 59.0 Å². The summed E-state index contributed by atoms with van der Waals surface area (Å²) in [6.07, 6.45) is 4.88. The highest BCUT2D eigenvalue weighted by Gasteiger charge is 2.26. The fourth-order valence-corrected chi connectivity index (χ4v) is 4.04. The first kappa shape index (κ1) is 16.9. The molecule has 2 N–H and O–H groups in total. The van der Waals surface area contributed by atoms with Crippen LogP contribution in [-0.2, 0) is 11.3 Å². The van der Waals surface area contributed by atoms with Gasteiger partial charge in [-0.1, -0.05) is 31.0 Å². The van der Waals surface area contributed by atoms with E-state index in [9.17, 15) is 4.79 Å². The van der Waals surface area contributed by atoms with E-state index in [2.05, 4.69) is 10.3 Å². The maximum Gasteiger partial charge on any atom is 0.326 e. The lowest BCUT2D eigenvalue weighted by Crippen LogP contribution is -2.32. The van der Waals surface area contributed by atoms with Crippen molar-refractivity contribution in [3.63, 3.8) is 0 Å². The highest BCUT2D eigenvalue weighted by Crippen LogP contribution is 2.29. The monoisotopic (exact) mass is 351 g/mol. The molecule has 5 nitrogen and oxygen atoms in total. The maximum atomic E-state index is 12.5. The largest absolute Gasteiger partial charge is 0.381 e. The van der Waals surface area contributed by atoms with Gasteiger partial charge in [-0.2, -0.15) is 0 Å². The minimum atomic E-state index is -0.0442. The smallest absolute Gasteiger partial charge is 0.326 e. The number of nitrogens with one attached hydrogen (secondary N) is 2. The molecule has 1 aliphatic rings. The van der Waals surface area contributed by atoms with Crippen LogP contribution in [0.2, 0.25) is 0 Å². The van der Waals surface area contributed by atoms with Gasteiger partial charge in [0.1, 0.15) is 0 Å². The Labute approximate surface area is 153 Å². The zero-order valence-corrected chi connectivity index (χ0v) is 15.1. The molecule has 5 heteroatoms. The van der Waals surface area contributed by atoms with Gasteiger partial charge in [-0.05, 0) is 43.2 Å². The molecule has 1 saturated carbocycles. The number of aromatic nitrogens is 2. The average molecular weight is 351 g/mol. The molecule has 1 fully saturated rings.